The number of carbonyl (C=O) groups is 1. The molecular weight excluding hydrogens is 419 g/mol. The zero-order valence-electron chi connectivity index (χ0n) is 17.2. The molecule has 1 amide bonds. The van der Waals surface area contributed by atoms with Gasteiger partial charge in [0, 0.05) is 5.56 Å². The fraction of sp³-hybridized carbons (Fsp3) is 0.174. The van der Waals surface area contributed by atoms with Gasteiger partial charge in [-0.25, -0.2) is 12.8 Å². The Morgan fingerprint density at radius 1 is 1.00 bits per heavy atom. The molecule has 1 atom stereocenters. The number of carbonyl (C=O) groups excluding carboxylic acids is 1. The quantitative estimate of drug-likeness (QED) is 0.574. The summed E-state index contributed by atoms with van der Waals surface area (Å²) >= 11 is 0. The third-order valence-electron chi connectivity index (χ3n) is 4.72. The van der Waals surface area contributed by atoms with Crippen molar-refractivity contribution in [2.45, 2.75) is 17.9 Å². The molecule has 6 nitrogen and oxygen atoms in total. The van der Waals surface area contributed by atoms with Gasteiger partial charge in [-0.05, 0) is 49.4 Å². The monoisotopic (exact) mass is 442 g/mol. The number of para-hydroxylation sites is 2. The van der Waals surface area contributed by atoms with Crippen molar-refractivity contribution in [1.29, 1.82) is 0 Å². The van der Waals surface area contributed by atoms with Crippen LogP contribution in [0.2, 0.25) is 0 Å². The highest BCUT2D eigenvalue weighted by Gasteiger charge is 2.28. The zero-order chi connectivity index (χ0) is 22.4. The first-order chi connectivity index (χ1) is 14.8. The molecule has 31 heavy (non-hydrogen) atoms. The van der Waals surface area contributed by atoms with Crippen LogP contribution in [-0.2, 0) is 14.8 Å². The number of benzene rings is 3. The van der Waals surface area contributed by atoms with E-state index in [1.807, 2.05) is 18.2 Å². The molecule has 0 fully saturated rings. The van der Waals surface area contributed by atoms with Crippen LogP contribution in [0.3, 0.4) is 0 Å². The smallest absolute Gasteiger partial charge is 0.264 e. The van der Waals surface area contributed by atoms with E-state index in [2.05, 4.69) is 5.32 Å². The number of hydrogen-bond donors (Lipinski definition) is 1. The molecular formula is C23H23FN2O4S. The number of amides is 1. The predicted octanol–water partition coefficient (Wildman–Crippen LogP) is 3.91. The van der Waals surface area contributed by atoms with Crippen LogP contribution < -0.4 is 14.4 Å². The standard InChI is InChI=1S/C23H23FN2O4S/c1-17(21-10-6-7-11-22(21)30-2)25-23(27)16-26(19-8-4-3-5-9-19)31(28,29)20-14-12-18(24)13-15-20/h3-15,17H,16H2,1-2H3,(H,25,27). The highest BCUT2D eigenvalue weighted by Crippen LogP contribution is 2.26. The maximum absolute atomic E-state index is 13.3. The van der Waals surface area contributed by atoms with E-state index >= 15 is 0 Å². The Morgan fingerprint density at radius 3 is 2.26 bits per heavy atom. The normalized spacial score (nSPS) is 12.1. The topological polar surface area (TPSA) is 75.7 Å². The Hall–Kier alpha value is -3.39. The molecule has 3 rings (SSSR count). The summed E-state index contributed by atoms with van der Waals surface area (Å²) in [6, 6.07) is 19.6. The minimum Gasteiger partial charge on any atom is -0.496 e. The number of nitrogens with zero attached hydrogens (tertiary/aromatic N) is 1. The molecule has 0 heterocycles. The number of rotatable bonds is 8. The van der Waals surface area contributed by atoms with Gasteiger partial charge in [0.05, 0.1) is 23.7 Å². The summed E-state index contributed by atoms with van der Waals surface area (Å²) in [5.41, 5.74) is 1.10. The van der Waals surface area contributed by atoms with E-state index in [-0.39, 0.29) is 4.90 Å². The van der Waals surface area contributed by atoms with Gasteiger partial charge in [-0.2, -0.15) is 0 Å². The van der Waals surface area contributed by atoms with E-state index in [9.17, 15) is 17.6 Å². The maximum atomic E-state index is 13.3. The highest BCUT2D eigenvalue weighted by atomic mass is 32.2. The predicted molar refractivity (Wildman–Crippen MR) is 117 cm³/mol. The summed E-state index contributed by atoms with van der Waals surface area (Å²) in [4.78, 5) is 12.7. The largest absolute Gasteiger partial charge is 0.496 e. The minimum atomic E-state index is -4.10. The van der Waals surface area contributed by atoms with Crippen molar-refractivity contribution >= 4 is 21.6 Å². The second-order valence-corrected chi connectivity index (χ2v) is 8.69. The van der Waals surface area contributed by atoms with Crippen molar-refractivity contribution < 1.29 is 22.3 Å². The van der Waals surface area contributed by atoms with Crippen LogP contribution in [-0.4, -0.2) is 28.0 Å². The summed E-state index contributed by atoms with van der Waals surface area (Å²) in [5, 5.41) is 2.82. The van der Waals surface area contributed by atoms with Crippen molar-refractivity contribution in [3.8, 4) is 5.75 Å². The number of anilines is 1. The molecule has 3 aromatic rings. The Kier molecular flexibility index (Phi) is 6.91. The fourth-order valence-electron chi connectivity index (χ4n) is 3.16. The van der Waals surface area contributed by atoms with Gasteiger partial charge in [0.1, 0.15) is 18.1 Å². The summed E-state index contributed by atoms with van der Waals surface area (Å²) in [7, 11) is -2.56. The zero-order valence-corrected chi connectivity index (χ0v) is 18.0. The van der Waals surface area contributed by atoms with Crippen LogP contribution in [0.1, 0.15) is 18.5 Å². The third-order valence-corrected chi connectivity index (χ3v) is 6.50. The van der Waals surface area contributed by atoms with E-state index < -0.39 is 34.3 Å². The van der Waals surface area contributed by atoms with Gasteiger partial charge in [-0.3, -0.25) is 9.10 Å². The fourth-order valence-corrected chi connectivity index (χ4v) is 4.58. The summed E-state index contributed by atoms with van der Waals surface area (Å²) < 4.78 is 46.1. The molecule has 0 aliphatic rings. The molecule has 0 saturated carbocycles. The summed E-state index contributed by atoms with van der Waals surface area (Å²) in [6.45, 7) is 1.35. The molecule has 0 bridgehead atoms. The molecule has 8 heteroatoms. The number of methoxy groups -OCH3 is 1. The van der Waals surface area contributed by atoms with Crippen LogP contribution in [0.15, 0.2) is 83.8 Å². The van der Waals surface area contributed by atoms with Gasteiger partial charge in [0.2, 0.25) is 5.91 Å². The summed E-state index contributed by atoms with van der Waals surface area (Å²) in [5.74, 6) is -0.421. The molecule has 0 radical (unpaired) electrons. The Morgan fingerprint density at radius 2 is 1.61 bits per heavy atom. The van der Waals surface area contributed by atoms with Gasteiger partial charge in [-0.1, -0.05) is 36.4 Å². The molecule has 1 unspecified atom stereocenters. The van der Waals surface area contributed by atoms with E-state index in [4.69, 9.17) is 4.74 Å². The van der Waals surface area contributed by atoms with Crippen molar-refractivity contribution in [2.24, 2.45) is 0 Å². The molecule has 3 aromatic carbocycles. The SMILES string of the molecule is COc1ccccc1C(C)NC(=O)CN(c1ccccc1)S(=O)(=O)c1ccc(F)cc1. The number of ether oxygens (including phenoxy) is 1. The first-order valence-corrected chi connectivity index (χ1v) is 11.0. The van der Waals surface area contributed by atoms with Crippen molar-refractivity contribution in [3.05, 3.63) is 90.2 Å². The van der Waals surface area contributed by atoms with Gasteiger partial charge in [0.25, 0.3) is 10.0 Å². The van der Waals surface area contributed by atoms with Crippen molar-refractivity contribution in [2.75, 3.05) is 18.0 Å². The second-order valence-electron chi connectivity index (χ2n) is 6.83. The molecule has 0 aliphatic carbocycles. The van der Waals surface area contributed by atoms with E-state index in [0.29, 0.717) is 11.4 Å². The van der Waals surface area contributed by atoms with Crippen LogP contribution in [0.25, 0.3) is 0 Å². The number of nitrogens with one attached hydrogen (secondary N) is 1. The van der Waals surface area contributed by atoms with E-state index in [1.165, 1.54) is 12.1 Å². The van der Waals surface area contributed by atoms with Gasteiger partial charge in [-0.15, -0.1) is 0 Å². The van der Waals surface area contributed by atoms with Crippen molar-refractivity contribution in [1.82, 2.24) is 5.32 Å². The number of halogens is 1. The third kappa shape index (κ3) is 5.21. The lowest BCUT2D eigenvalue weighted by atomic mass is 10.1. The minimum absolute atomic E-state index is 0.108. The molecule has 162 valence electrons. The molecule has 0 spiro atoms. The van der Waals surface area contributed by atoms with Crippen molar-refractivity contribution in [3.63, 3.8) is 0 Å². The van der Waals surface area contributed by atoms with Gasteiger partial charge < -0.3 is 10.1 Å². The Bertz CT molecular complexity index is 1140. The molecule has 0 aliphatic heterocycles. The molecule has 0 aromatic heterocycles. The first kappa shape index (κ1) is 22.3. The second kappa shape index (κ2) is 9.61. The van der Waals surface area contributed by atoms with Crippen LogP contribution >= 0.6 is 0 Å². The van der Waals surface area contributed by atoms with Crippen LogP contribution in [0, 0.1) is 5.82 Å². The average molecular weight is 443 g/mol. The summed E-state index contributed by atoms with van der Waals surface area (Å²) in [6.07, 6.45) is 0. The highest BCUT2D eigenvalue weighted by molar-refractivity contribution is 7.92. The van der Waals surface area contributed by atoms with E-state index in [0.717, 1.165) is 22.0 Å². The number of hydrogen-bond acceptors (Lipinski definition) is 4. The van der Waals surface area contributed by atoms with Gasteiger partial charge in [0.15, 0.2) is 0 Å². The van der Waals surface area contributed by atoms with Crippen LogP contribution in [0.4, 0.5) is 10.1 Å². The van der Waals surface area contributed by atoms with E-state index in [1.54, 1.807) is 50.4 Å². The number of sulfonamides is 1. The first-order valence-electron chi connectivity index (χ1n) is 9.58. The van der Waals surface area contributed by atoms with Gasteiger partial charge >= 0.3 is 0 Å². The lowest BCUT2D eigenvalue weighted by Crippen LogP contribution is -2.41. The van der Waals surface area contributed by atoms with Crippen LogP contribution in [0.5, 0.6) is 5.75 Å². The maximum Gasteiger partial charge on any atom is 0.264 e. The molecule has 1 N–H and O–H groups in total. The lowest BCUT2D eigenvalue weighted by molar-refractivity contribution is -0.120. The molecule has 0 saturated heterocycles. The Labute approximate surface area is 181 Å². The Balaban J connectivity index is 1.87. The lowest BCUT2D eigenvalue weighted by Gasteiger charge is -2.25. The average Bonchev–Trinajstić information content (AvgIpc) is 2.78.